The molecule has 1 saturated heterocycles. The first kappa shape index (κ1) is 19.7. The molecule has 8 nitrogen and oxygen atoms in total. The maximum Gasteiger partial charge on any atom is 0.321 e. The lowest BCUT2D eigenvalue weighted by Crippen LogP contribution is -2.46. The lowest BCUT2D eigenvalue weighted by Gasteiger charge is -2.32. The SMILES string of the molecule is CCOc1ccc(NC(=O)N2CCCC(Oc3ccc(N(C)C)nn3)C2)cc1. The third-order valence-corrected chi connectivity index (χ3v) is 4.45. The van der Waals surface area contributed by atoms with Crippen LogP contribution in [0.25, 0.3) is 0 Å². The molecule has 0 bridgehead atoms. The summed E-state index contributed by atoms with van der Waals surface area (Å²) in [6, 6.07) is 10.9. The van der Waals surface area contributed by atoms with Gasteiger partial charge < -0.3 is 24.6 Å². The quantitative estimate of drug-likeness (QED) is 0.823. The molecule has 2 amide bonds. The summed E-state index contributed by atoms with van der Waals surface area (Å²) in [4.78, 5) is 16.2. The number of carbonyl (C=O) groups excluding carboxylic acids is 1. The topological polar surface area (TPSA) is 79.8 Å². The molecule has 1 unspecified atom stereocenters. The van der Waals surface area contributed by atoms with Crippen molar-refractivity contribution in [3.63, 3.8) is 0 Å². The Morgan fingerprint density at radius 3 is 2.64 bits per heavy atom. The van der Waals surface area contributed by atoms with Crippen LogP contribution in [-0.2, 0) is 0 Å². The molecule has 2 heterocycles. The predicted octanol–water partition coefficient (Wildman–Crippen LogP) is 3.02. The molecule has 0 saturated carbocycles. The Morgan fingerprint density at radius 1 is 1.21 bits per heavy atom. The molecule has 0 spiro atoms. The first-order valence-electron chi connectivity index (χ1n) is 9.51. The number of aromatic nitrogens is 2. The summed E-state index contributed by atoms with van der Waals surface area (Å²) in [5.74, 6) is 2.03. The van der Waals surface area contributed by atoms with Gasteiger partial charge in [0.15, 0.2) is 5.82 Å². The number of likely N-dealkylation sites (tertiary alicyclic amines) is 1. The van der Waals surface area contributed by atoms with Crippen molar-refractivity contribution < 1.29 is 14.3 Å². The van der Waals surface area contributed by atoms with Gasteiger partial charge in [0, 0.05) is 32.4 Å². The molecule has 28 heavy (non-hydrogen) atoms. The summed E-state index contributed by atoms with van der Waals surface area (Å²) in [6.07, 6.45) is 1.66. The van der Waals surface area contributed by atoms with Gasteiger partial charge >= 0.3 is 6.03 Å². The van der Waals surface area contributed by atoms with Gasteiger partial charge in [-0.2, -0.15) is 0 Å². The molecule has 0 aliphatic carbocycles. The number of piperidine rings is 1. The second-order valence-electron chi connectivity index (χ2n) is 6.84. The molecule has 150 valence electrons. The van der Waals surface area contributed by atoms with Gasteiger partial charge in [0.2, 0.25) is 5.88 Å². The smallest absolute Gasteiger partial charge is 0.321 e. The second kappa shape index (κ2) is 9.25. The van der Waals surface area contributed by atoms with Crippen molar-refractivity contribution >= 4 is 17.5 Å². The second-order valence-corrected chi connectivity index (χ2v) is 6.84. The monoisotopic (exact) mass is 385 g/mol. The van der Waals surface area contributed by atoms with Crippen molar-refractivity contribution in [3.8, 4) is 11.6 Å². The zero-order valence-electron chi connectivity index (χ0n) is 16.6. The fourth-order valence-corrected chi connectivity index (χ4v) is 3.01. The van der Waals surface area contributed by atoms with Gasteiger partial charge in [0.05, 0.1) is 13.2 Å². The maximum atomic E-state index is 12.6. The predicted molar refractivity (Wildman–Crippen MR) is 108 cm³/mol. The average molecular weight is 385 g/mol. The van der Waals surface area contributed by atoms with E-state index in [0.29, 0.717) is 25.6 Å². The van der Waals surface area contributed by atoms with Crippen LogP contribution in [0.2, 0.25) is 0 Å². The number of anilines is 2. The van der Waals surface area contributed by atoms with E-state index in [0.717, 1.165) is 30.1 Å². The highest BCUT2D eigenvalue weighted by atomic mass is 16.5. The fraction of sp³-hybridized carbons (Fsp3) is 0.450. The van der Waals surface area contributed by atoms with Crippen molar-refractivity contribution in [2.45, 2.75) is 25.9 Å². The number of nitrogens with one attached hydrogen (secondary N) is 1. The van der Waals surface area contributed by atoms with E-state index >= 15 is 0 Å². The van der Waals surface area contributed by atoms with E-state index < -0.39 is 0 Å². The molecule has 3 rings (SSSR count). The summed E-state index contributed by atoms with van der Waals surface area (Å²) in [5.41, 5.74) is 0.738. The Hall–Kier alpha value is -3.03. The zero-order chi connectivity index (χ0) is 19.9. The molecule has 2 aromatic rings. The maximum absolute atomic E-state index is 12.6. The van der Waals surface area contributed by atoms with E-state index in [1.54, 1.807) is 11.0 Å². The molecule has 1 atom stereocenters. The summed E-state index contributed by atoms with van der Waals surface area (Å²) < 4.78 is 11.4. The Kier molecular flexibility index (Phi) is 6.52. The van der Waals surface area contributed by atoms with Gasteiger partial charge in [-0.05, 0) is 50.1 Å². The van der Waals surface area contributed by atoms with E-state index in [-0.39, 0.29) is 12.1 Å². The van der Waals surface area contributed by atoms with Crippen molar-refractivity contribution in [3.05, 3.63) is 36.4 Å². The summed E-state index contributed by atoms with van der Waals surface area (Å²) in [5, 5.41) is 11.2. The standard InChI is InChI=1S/C20H27N5O3/c1-4-27-16-9-7-15(8-10-16)21-20(26)25-13-5-6-17(14-25)28-19-12-11-18(22-23-19)24(2)3/h7-12,17H,4-6,13-14H2,1-3H3,(H,21,26). The summed E-state index contributed by atoms with van der Waals surface area (Å²) >= 11 is 0. The third kappa shape index (κ3) is 5.25. The number of hydrogen-bond donors (Lipinski definition) is 1. The minimum Gasteiger partial charge on any atom is -0.494 e. The average Bonchev–Trinajstić information content (AvgIpc) is 2.70. The lowest BCUT2D eigenvalue weighted by atomic mass is 10.1. The van der Waals surface area contributed by atoms with Gasteiger partial charge in [-0.3, -0.25) is 0 Å². The Labute approximate surface area is 165 Å². The fourth-order valence-electron chi connectivity index (χ4n) is 3.01. The number of amides is 2. The van der Waals surface area contributed by atoms with Crippen LogP contribution in [0, 0.1) is 0 Å². The van der Waals surface area contributed by atoms with E-state index in [2.05, 4.69) is 15.5 Å². The normalized spacial score (nSPS) is 16.4. The number of urea groups is 1. The first-order valence-corrected chi connectivity index (χ1v) is 9.51. The van der Waals surface area contributed by atoms with E-state index in [1.165, 1.54) is 0 Å². The van der Waals surface area contributed by atoms with Gasteiger partial charge in [0.1, 0.15) is 11.9 Å². The Bertz CT molecular complexity index is 764. The Morgan fingerprint density at radius 2 is 2.00 bits per heavy atom. The minimum absolute atomic E-state index is 0.0978. The molecule has 1 aliphatic heterocycles. The highest BCUT2D eigenvalue weighted by Crippen LogP contribution is 2.20. The van der Waals surface area contributed by atoms with Crippen LogP contribution < -0.4 is 19.7 Å². The van der Waals surface area contributed by atoms with Crippen molar-refractivity contribution in [1.29, 1.82) is 0 Å². The molecule has 1 aliphatic rings. The van der Waals surface area contributed by atoms with Crippen LogP contribution >= 0.6 is 0 Å². The summed E-state index contributed by atoms with van der Waals surface area (Å²) in [7, 11) is 3.82. The van der Waals surface area contributed by atoms with Crippen LogP contribution in [0.15, 0.2) is 36.4 Å². The number of hydrogen-bond acceptors (Lipinski definition) is 6. The molecule has 8 heteroatoms. The number of rotatable bonds is 6. The molecular weight excluding hydrogens is 358 g/mol. The minimum atomic E-state index is -0.133. The van der Waals surface area contributed by atoms with Gasteiger partial charge in [0.25, 0.3) is 0 Å². The zero-order valence-corrected chi connectivity index (χ0v) is 16.6. The van der Waals surface area contributed by atoms with Crippen LogP contribution in [-0.4, -0.2) is 61.0 Å². The number of nitrogens with zero attached hydrogens (tertiary/aromatic N) is 4. The molecule has 1 N–H and O–H groups in total. The van der Waals surface area contributed by atoms with Crippen LogP contribution in [0.3, 0.4) is 0 Å². The molecule has 1 fully saturated rings. The molecular formula is C20H27N5O3. The van der Waals surface area contributed by atoms with Gasteiger partial charge in [-0.25, -0.2) is 4.79 Å². The van der Waals surface area contributed by atoms with Crippen molar-refractivity contribution in [2.24, 2.45) is 0 Å². The third-order valence-electron chi connectivity index (χ3n) is 4.45. The highest BCUT2D eigenvalue weighted by molar-refractivity contribution is 5.89. The number of benzene rings is 1. The van der Waals surface area contributed by atoms with E-state index in [9.17, 15) is 4.79 Å². The van der Waals surface area contributed by atoms with E-state index in [1.807, 2.05) is 56.3 Å². The van der Waals surface area contributed by atoms with E-state index in [4.69, 9.17) is 9.47 Å². The molecule has 1 aromatic carbocycles. The Balaban J connectivity index is 1.54. The largest absolute Gasteiger partial charge is 0.494 e. The molecule has 1 aromatic heterocycles. The number of ether oxygens (including phenoxy) is 2. The van der Waals surface area contributed by atoms with Crippen LogP contribution in [0.1, 0.15) is 19.8 Å². The molecule has 0 radical (unpaired) electrons. The highest BCUT2D eigenvalue weighted by Gasteiger charge is 2.25. The number of carbonyl (C=O) groups is 1. The van der Waals surface area contributed by atoms with Crippen molar-refractivity contribution in [2.75, 3.05) is 44.0 Å². The summed E-state index contributed by atoms with van der Waals surface area (Å²) in [6.45, 7) is 3.77. The van der Waals surface area contributed by atoms with Crippen LogP contribution in [0.5, 0.6) is 11.6 Å². The van der Waals surface area contributed by atoms with Crippen molar-refractivity contribution in [1.82, 2.24) is 15.1 Å². The van der Waals surface area contributed by atoms with Gasteiger partial charge in [-0.15, -0.1) is 10.2 Å². The van der Waals surface area contributed by atoms with Gasteiger partial charge in [-0.1, -0.05) is 0 Å². The van der Waals surface area contributed by atoms with Crippen LogP contribution in [0.4, 0.5) is 16.3 Å². The lowest BCUT2D eigenvalue weighted by molar-refractivity contribution is 0.102. The first-order chi connectivity index (χ1) is 13.5.